The molecule has 2 fully saturated rings. The number of halogens is 1. The molecule has 3 rings (SSSR count). The van der Waals surface area contributed by atoms with E-state index in [0.29, 0.717) is 6.54 Å². The summed E-state index contributed by atoms with van der Waals surface area (Å²) in [6.07, 6.45) is 2.05. The molecule has 116 valence electrons. The zero-order chi connectivity index (χ0) is 15.5. The van der Waals surface area contributed by atoms with Crippen molar-refractivity contribution in [2.75, 3.05) is 26.2 Å². The van der Waals surface area contributed by atoms with Crippen molar-refractivity contribution in [1.29, 1.82) is 5.26 Å². The summed E-state index contributed by atoms with van der Waals surface area (Å²) < 4.78 is 13.7. The first-order valence-electron chi connectivity index (χ1n) is 7.63. The minimum Gasteiger partial charge on any atom is -0.336 e. The number of urea groups is 1. The van der Waals surface area contributed by atoms with Gasteiger partial charge in [0.2, 0.25) is 0 Å². The first-order valence-corrected chi connectivity index (χ1v) is 7.63. The van der Waals surface area contributed by atoms with Crippen LogP contribution in [-0.4, -0.2) is 48.1 Å². The zero-order valence-corrected chi connectivity index (χ0v) is 12.4. The van der Waals surface area contributed by atoms with Gasteiger partial charge in [0.25, 0.3) is 0 Å². The summed E-state index contributed by atoms with van der Waals surface area (Å²) in [5.41, 5.74) is 0.942. The molecule has 0 aromatic heterocycles. The van der Waals surface area contributed by atoms with Crippen molar-refractivity contribution in [3.05, 3.63) is 35.1 Å². The number of amides is 2. The van der Waals surface area contributed by atoms with Crippen LogP contribution in [0, 0.1) is 17.1 Å². The van der Waals surface area contributed by atoms with Gasteiger partial charge in [-0.3, -0.25) is 4.90 Å². The quantitative estimate of drug-likeness (QED) is 0.924. The topological polar surface area (TPSA) is 59.4 Å². The molecular formula is C16H19FN4O. The van der Waals surface area contributed by atoms with Gasteiger partial charge in [-0.1, -0.05) is 6.07 Å². The summed E-state index contributed by atoms with van der Waals surface area (Å²) in [5, 5.41) is 11.6. The first kappa shape index (κ1) is 14.8. The SMILES string of the molecule is N#Cc1ccc(CN2CCCC(N3CCNC3=O)C2)cc1F. The molecule has 2 aliphatic rings. The molecule has 2 saturated heterocycles. The molecule has 2 aliphatic heterocycles. The van der Waals surface area contributed by atoms with E-state index < -0.39 is 5.82 Å². The van der Waals surface area contributed by atoms with Crippen molar-refractivity contribution in [3.8, 4) is 6.07 Å². The van der Waals surface area contributed by atoms with Crippen molar-refractivity contribution in [1.82, 2.24) is 15.1 Å². The summed E-state index contributed by atoms with van der Waals surface area (Å²) >= 11 is 0. The van der Waals surface area contributed by atoms with Crippen LogP contribution in [0.3, 0.4) is 0 Å². The summed E-state index contributed by atoms with van der Waals surface area (Å²) in [4.78, 5) is 15.9. The number of piperidine rings is 1. The molecule has 0 saturated carbocycles. The molecule has 6 heteroatoms. The Morgan fingerprint density at radius 3 is 2.95 bits per heavy atom. The molecule has 2 heterocycles. The molecule has 2 amide bonds. The van der Waals surface area contributed by atoms with Crippen LogP contribution in [-0.2, 0) is 6.54 Å². The van der Waals surface area contributed by atoms with Crippen LogP contribution in [0.15, 0.2) is 18.2 Å². The highest BCUT2D eigenvalue weighted by molar-refractivity contribution is 5.76. The fraction of sp³-hybridized carbons (Fsp3) is 0.500. The second-order valence-corrected chi connectivity index (χ2v) is 5.88. The molecule has 1 N–H and O–H groups in total. The van der Waals surface area contributed by atoms with E-state index in [4.69, 9.17) is 5.26 Å². The Morgan fingerprint density at radius 1 is 1.41 bits per heavy atom. The van der Waals surface area contributed by atoms with E-state index in [2.05, 4.69) is 10.2 Å². The van der Waals surface area contributed by atoms with Crippen LogP contribution in [0.4, 0.5) is 9.18 Å². The minimum atomic E-state index is -0.465. The molecule has 1 aromatic rings. The average Bonchev–Trinajstić information content (AvgIpc) is 2.94. The van der Waals surface area contributed by atoms with Gasteiger partial charge in [0.15, 0.2) is 0 Å². The first-order chi connectivity index (χ1) is 10.7. The number of nitrogens with one attached hydrogen (secondary N) is 1. The summed E-state index contributed by atoms with van der Waals surface area (Å²) in [6, 6.07) is 6.86. The van der Waals surface area contributed by atoms with Gasteiger partial charge in [-0.05, 0) is 37.1 Å². The second-order valence-electron chi connectivity index (χ2n) is 5.88. The molecule has 0 aliphatic carbocycles. The minimum absolute atomic E-state index is 0.0243. The molecular weight excluding hydrogens is 283 g/mol. The lowest BCUT2D eigenvalue weighted by molar-refractivity contribution is 0.122. The Bertz CT molecular complexity index is 613. The molecule has 1 unspecified atom stereocenters. The standard InChI is InChI=1S/C16H19FN4O/c17-15-8-12(3-4-13(15)9-18)10-20-6-1-2-14(11-20)21-7-5-19-16(21)22/h3-4,8,14H,1-2,5-7,10-11H2,(H,19,22). The fourth-order valence-corrected chi connectivity index (χ4v) is 3.27. The van der Waals surface area contributed by atoms with Gasteiger partial charge in [0.1, 0.15) is 11.9 Å². The van der Waals surface area contributed by atoms with E-state index in [9.17, 15) is 9.18 Å². The maximum atomic E-state index is 13.7. The fourth-order valence-electron chi connectivity index (χ4n) is 3.27. The van der Waals surface area contributed by atoms with Crippen molar-refractivity contribution in [2.45, 2.75) is 25.4 Å². The van der Waals surface area contributed by atoms with Crippen LogP contribution >= 0.6 is 0 Å². The monoisotopic (exact) mass is 302 g/mol. The third-order valence-corrected chi connectivity index (χ3v) is 4.37. The van der Waals surface area contributed by atoms with Gasteiger partial charge < -0.3 is 10.2 Å². The molecule has 22 heavy (non-hydrogen) atoms. The Morgan fingerprint density at radius 2 is 2.27 bits per heavy atom. The van der Waals surface area contributed by atoms with Gasteiger partial charge >= 0.3 is 6.03 Å². The predicted molar refractivity (Wildman–Crippen MR) is 79.5 cm³/mol. The number of likely N-dealkylation sites (tertiary alicyclic amines) is 1. The Hall–Kier alpha value is -2.13. The lowest BCUT2D eigenvalue weighted by Crippen LogP contribution is -2.48. The lowest BCUT2D eigenvalue weighted by atomic mass is 10.0. The summed E-state index contributed by atoms with van der Waals surface area (Å²) in [7, 11) is 0. The van der Waals surface area contributed by atoms with E-state index in [1.807, 2.05) is 11.0 Å². The maximum Gasteiger partial charge on any atom is 0.317 e. The normalized spacial score (nSPS) is 22.5. The van der Waals surface area contributed by atoms with E-state index in [1.165, 1.54) is 12.1 Å². The zero-order valence-electron chi connectivity index (χ0n) is 12.4. The van der Waals surface area contributed by atoms with Gasteiger partial charge in [-0.2, -0.15) is 5.26 Å². The number of hydrogen-bond acceptors (Lipinski definition) is 3. The molecule has 1 aromatic carbocycles. The van der Waals surface area contributed by atoms with Gasteiger partial charge in [0, 0.05) is 32.2 Å². The lowest BCUT2D eigenvalue weighted by Gasteiger charge is -2.37. The summed E-state index contributed by atoms with van der Waals surface area (Å²) in [6.45, 7) is 3.90. The van der Waals surface area contributed by atoms with Gasteiger partial charge in [-0.25, -0.2) is 9.18 Å². The number of carbonyl (C=O) groups is 1. The largest absolute Gasteiger partial charge is 0.336 e. The molecule has 5 nitrogen and oxygen atoms in total. The van der Waals surface area contributed by atoms with Crippen molar-refractivity contribution < 1.29 is 9.18 Å². The van der Waals surface area contributed by atoms with E-state index >= 15 is 0 Å². The van der Waals surface area contributed by atoms with Crippen molar-refractivity contribution in [3.63, 3.8) is 0 Å². The van der Waals surface area contributed by atoms with Crippen LogP contribution in [0.5, 0.6) is 0 Å². The van der Waals surface area contributed by atoms with E-state index in [1.54, 1.807) is 6.07 Å². The Balaban J connectivity index is 1.64. The second kappa shape index (κ2) is 6.32. The Kier molecular flexibility index (Phi) is 4.25. The van der Waals surface area contributed by atoms with Gasteiger partial charge in [0.05, 0.1) is 5.56 Å². The van der Waals surface area contributed by atoms with Crippen LogP contribution in [0.2, 0.25) is 0 Å². The third kappa shape index (κ3) is 3.04. The number of nitriles is 1. The summed E-state index contributed by atoms with van der Waals surface area (Å²) in [5.74, 6) is -0.465. The number of nitrogens with zero attached hydrogens (tertiary/aromatic N) is 3. The van der Waals surface area contributed by atoms with Crippen LogP contribution < -0.4 is 5.32 Å². The smallest absolute Gasteiger partial charge is 0.317 e. The highest BCUT2D eigenvalue weighted by atomic mass is 19.1. The molecule has 1 atom stereocenters. The molecule has 0 radical (unpaired) electrons. The van der Waals surface area contributed by atoms with E-state index in [0.717, 1.165) is 44.6 Å². The maximum absolute atomic E-state index is 13.7. The number of benzene rings is 1. The van der Waals surface area contributed by atoms with Gasteiger partial charge in [-0.15, -0.1) is 0 Å². The predicted octanol–water partition coefficient (Wildman–Crippen LogP) is 1.69. The third-order valence-electron chi connectivity index (χ3n) is 4.37. The van der Waals surface area contributed by atoms with Crippen LogP contribution in [0.25, 0.3) is 0 Å². The highest BCUT2D eigenvalue weighted by Crippen LogP contribution is 2.20. The number of hydrogen-bond donors (Lipinski definition) is 1. The molecule has 0 spiro atoms. The van der Waals surface area contributed by atoms with E-state index in [-0.39, 0.29) is 17.6 Å². The molecule has 0 bridgehead atoms. The number of carbonyl (C=O) groups excluding carboxylic acids is 1. The highest BCUT2D eigenvalue weighted by Gasteiger charge is 2.31. The van der Waals surface area contributed by atoms with Crippen molar-refractivity contribution >= 4 is 6.03 Å². The average molecular weight is 302 g/mol. The van der Waals surface area contributed by atoms with Crippen molar-refractivity contribution in [2.24, 2.45) is 0 Å². The Labute approximate surface area is 129 Å². The number of rotatable bonds is 3. The van der Waals surface area contributed by atoms with Crippen LogP contribution in [0.1, 0.15) is 24.0 Å².